The Kier molecular flexibility index (Phi) is 4.14. The smallest absolute Gasteiger partial charge is 0.0476 e. The standard InChI is InChI=1S/C18H25N/c1-6-8-9-15(7-2)18-16-11-13(3)10-14(4)17(16)12-19(18)5/h8-11H,6-7,12H2,1-5H3/b9-8-,18-15+. The molecular weight excluding hydrogens is 230 g/mol. The van der Waals surface area contributed by atoms with Crippen LogP contribution in [-0.4, -0.2) is 11.9 Å². The Bertz CT molecular complexity index is 535. The van der Waals surface area contributed by atoms with E-state index in [1.807, 2.05) is 0 Å². The van der Waals surface area contributed by atoms with E-state index in [1.165, 1.54) is 33.5 Å². The summed E-state index contributed by atoms with van der Waals surface area (Å²) in [6.45, 7) is 9.90. The van der Waals surface area contributed by atoms with Gasteiger partial charge in [0.25, 0.3) is 0 Å². The van der Waals surface area contributed by atoms with Crippen LogP contribution in [0.4, 0.5) is 0 Å². The predicted molar refractivity (Wildman–Crippen MR) is 84.0 cm³/mol. The van der Waals surface area contributed by atoms with Crippen molar-refractivity contribution in [1.82, 2.24) is 4.90 Å². The maximum absolute atomic E-state index is 2.40. The molecule has 102 valence electrons. The van der Waals surface area contributed by atoms with Crippen LogP contribution in [0.2, 0.25) is 0 Å². The largest absolute Gasteiger partial charge is 0.370 e. The molecule has 19 heavy (non-hydrogen) atoms. The van der Waals surface area contributed by atoms with E-state index in [9.17, 15) is 0 Å². The van der Waals surface area contributed by atoms with Gasteiger partial charge in [0.15, 0.2) is 0 Å². The second-order valence-electron chi connectivity index (χ2n) is 5.50. The third kappa shape index (κ3) is 2.60. The normalized spacial score (nSPS) is 17.2. The number of benzene rings is 1. The van der Waals surface area contributed by atoms with Crippen LogP contribution < -0.4 is 0 Å². The fraction of sp³-hybridized carbons (Fsp3) is 0.444. The minimum Gasteiger partial charge on any atom is -0.370 e. The summed E-state index contributed by atoms with van der Waals surface area (Å²) in [5.74, 6) is 0. The van der Waals surface area contributed by atoms with Crippen molar-refractivity contribution in [3.05, 3.63) is 52.1 Å². The molecule has 1 heteroatoms. The second kappa shape index (κ2) is 5.64. The molecule has 0 spiro atoms. The van der Waals surface area contributed by atoms with Gasteiger partial charge in [0.2, 0.25) is 0 Å². The van der Waals surface area contributed by atoms with E-state index in [4.69, 9.17) is 0 Å². The molecule has 0 amide bonds. The third-order valence-electron chi connectivity index (χ3n) is 3.89. The highest BCUT2D eigenvalue weighted by molar-refractivity contribution is 5.76. The van der Waals surface area contributed by atoms with Crippen LogP contribution in [0.5, 0.6) is 0 Å². The van der Waals surface area contributed by atoms with E-state index in [-0.39, 0.29) is 0 Å². The van der Waals surface area contributed by atoms with E-state index in [0.29, 0.717) is 0 Å². The molecule has 0 saturated carbocycles. The molecule has 1 aliphatic heterocycles. The van der Waals surface area contributed by atoms with Gasteiger partial charge in [-0.2, -0.15) is 0 Å². The monoisotopic (exact) mass is 255 g/mol. The molecule has 1 aromatic rings. The molecular formula is C18H25N. The van der Waals surface area contributed by atoms with E-state index in [2.05, 4.69) is 63.9 Å². The molecule has 0 N–H and O–H groups in total. The van der Waals surface area contributed by atoms with Gasteiger partial charge in [0.1, 0.15) is 0 Å². The van der Waals surface area contributed by atoms with Crippen LogP contribution in [0.25, 0.3) is 5.70 Å². The van der Waals surface area contributed by atoms with Crippen molar-refractivity contribution in [2.75, 3.05) is 7.05 Å². The fourth-order valence-electron chi connectivity index (χ4n) is 2.98. The molecule has 0 fully saturated rings. The number of allylic oxidation sites excluding steroid dienone is 3. The van der Waals surface area contributed by atoms with Gasteiger partial charge >= 0.3 is 0 Å². The van der Waals surface area contributed by atoms with E-state index in [0.717, 1.165) is 19.4 Å². The number of fused-ring (bicyclic) bond motifs is 1. The Labute approximate surface area is 117 Å². The maximum atomic E-state index is 2.40. The molecule has 0 radical (unpaired) electrons. The summed E-state index contributed by atoms with van der Waals surface area (Å²) < 4.78 is 0. The van der Waals surface area contributed by atoms with Crippen LogP contribution >= 0.6 is 0 Å². The average molecular weight is 255 g/mol. The first kappa shape index (κ1) is 13.9. The fourth-order valence-corrected chi connectivity index (χ4v) is 2.98. The van der Waals surface area contributed by atoms with Gasteiger partial charge in [-0.05, 0) is 49.5 Å². The zero-order valence-corrected chi connectivity index (χ0v) is 12.9. The van der Waals surface area contributed by atoms with E-state index in [1.54, 1.807) is 0 Å². The molecule has 0 saturated heterocycles. The number of hydrogen-bond donors (Lipinski definition) is 0. The van der Waals surface area contributed by atoms with E-state index < -0.39 is 0 Å². The molecule has 2 rings (SSSR count). The quantitative estimate of drug-likeness (QED) is 0.747. The number of nitrogens with zero attached hydrogens (tertiary/aromatic N) is 1. The van der Waals surface area contributed by atoms with Gasteiger partial charge in [-0.3, -0.25) is 0 Å². The first-order chi connectivity index (χ1) is 9.08. The van der Waals surface area contributed by atoms with Crippen LogP contribution in [-0.2, 0) is 6.54 Å². The van der Waals surface area contributed by atoms with Crippen molar-refractivity contribution in [3.8, 4) is 0 Å². The molecule has 0 unspecified atom stereocenters. The molecule has 1 heterocycles. The number of rotatable bonds is 3. The maximum Gasteiger partial charge on any atom is 0.0476 e. The van der Waals surface area contributed by atoms with Crippen molar-refractivity contribution in [2.45, 2.75) is 47.1 Å². The summed E-state index contributed by atoms with van der Waals surface area (Å²) >= 11 is 0. The molecule has 0 aliphatic carbocycles. The highest BCUT2D eigenvalue weighted by Crippen LogP contribution is 2.37. The lowest BCUT2D eigenvalue weighted by Crippen LogP contribution is -2.09. The highest BCUT2D eigenvalue weighted by Gasteiger charge is 2.24. The zero-order valence-electron chi connectivity index (χ0n) is 12.9. The summed E-state index contributed by atoms with van der Waals surface area (Å²) in [5, 5.41) is 0. The van der Waals surface area contributed by atoms with Crippen molar-refractivity contribution < 1.29 is 0 Å². The van der Waals surface area contributed by atoms with Crippen molar-refractivity contribution >= 4 is 5.70 Å². The van der Waals surface area contributed by atoms with Crippen molar-refractivity contribution in [3.63, 3.8) is 0 Å². The summed E-state index contributed by atoms with van der Waals surface area (Å²) in [4.78, 5) is 2.40. The Morgan fingerprint density at radius 1 is 1.26 bits per heavy atom. The van der Waals surface area contributed by atoms with Gasteiger partial charge in [-0.25, -0.2) is 0 Å². The SMILES string of the molecule is CC/C=C\C(CC)=C1/c2cc(C)cc(C)c2CN1C. The number of aryl methyl sites for hydroxylation is 2. The minimum absolute atomic E-state index is 1.04. The van der Waals surface area contributed by atoms with Crippen molar-refractivity contribution in [2.24, 2.45) is 0 Å². The molecule has 0 bridgehead atoms. The average Bonchev–Trinajstić information content (AvgIpc) is 2.68. The molecule has 1 aromatic carbocycles. The minimum atomic E-state index is 1.04. The Hall–Kier alpha value is -1.50. The number of hydrogen-bond acceptors (Lipinski definition) is 1. The molecule has 1 aliphatic rings. The van der Waals surface area contributed by atoms with Gasteiger partial charge in [0, 0.05) is 24.9 Å². The van der Waals surface area contributed by atoms with Gasteiger partial charge in [-0.15, -0.1) is 0 Å². The predicted octanol–water partition coefficient (Wildman–Crippen LogP) is 4.84. The van der Waals surface area contributed by atoms with E-state index >= 15 is 0 Å². The highest BCUT2D eigenvalue weighted by atomic mass is 15.1. The lowest BCUT2D eigenvalue weighted by atomic mass is 9.97. The first-order valence-electron chi connectivity index (χ1n) is 7.29. The van der Waals surface area contributed by atoms with Gasteiger partial charge in [-0.1, -0.05) is 37.6 Å². The van der Waals surface area contributed by atoms with Crippen molar-refractivity contribution in [1.29, 1.82) is 0 Å². The lowest BCUT2D eigenvalue weighted by Gasteiger charge is -2.17. The molecule has 0 aromatic heterocycles. The van der Waals surface area contributed by atoms with Gasteiger partial charge < -0.3 is 4.90 Å². The summed E-state index contributed by atoms with van der Waals surface area (Å²) in [5.41, 5.74) is 8.60. The molecule has 0 atom stereocenters. The van der Waals surface area contributed by atoms with Crippen LogP contribution in [0.1, 0.15) is 48.9 Å². The first-order valence-corrected chi connectivity index (χ1v) is 7.29. The van der Waals surface area contributed by atoms with Crippen LogP contribution in [0.15, 0.2) is 29.9 Å². The topological polar surface area (TPSA) is 3.24 Å². The summed E-state index contributed by atoms with van der Waals surface area (Å²) in [6.07, 6.45) is 6.75. The zero-order chi connectivity index (χ0) is 14.0. The Balaban J connectivity index is 2.61. The second-order valence-corrected chi connectivity index (χ2v) is 5.50. The van der Waals surface area contributed by atoms with Crippen LogP contribution in [0.3, 0.4) is 0 Å². The lowest BCUT2D eigenvalue weighted by molar-refractivity contribution is 0.496. The summed E-state index contributed by atoms with van der Waals surface area (Å²) in [6, 6.07) is 4.64. The van der Waals surface area contributed by atoms with Gasteiger partial charge in [0.05, 0.1) is 0 Å². The summed E-state index contributed by atoms with van der Waals surface area (Å²) in [7, 11) is 2.21. The Morgan fingerprint density at radius 2 is 2.00 bits per heavy atom. The van der Waals surface area contributed by atoms with Crippen LogP contribution in [0, 0.1) is 13.8 Å². The third-order valence-corrected chi connectivity index (χ3v) is 3.89. The Morgan fingerprint density at radius 3 is 2.63 bits per heavy atom. The molecule has 1 nitrogen and oxygen atoms in total.